The smallest absolute Gasteiger partial charge is 0.421 e. The maximum Gasteiger partial charge on any atom is 0.421 e. The van der Waals surface area contributed by atoms with Gasteiger partial charge in [-0.05, 0) is 29.7 Å². The van der Waals surface area contributed by atoms with Crippen LogP contribution in [0.5, 0.6) is 5.75 Å². The molecule has 2 aromatic rings. The van der Waals surface area contributed by atoms with Gasteiger partial charge in [-0.25, -0.2) is 14.7 Å². The highest BCUT2D eigenvalue weighted by atomic mass is 31.2. The van der Waals surface area contributed by atoms with Crippen molar-refractivity contribution in [3.8, 4) is 17.9 Å². The first kappa shape index (κ1) is 34.1. The molecule has 12 heteroatoms. The highest BCUT2D eigenvalue weighted by Gasteiger charge is 2.21. The van der Waals surface area contributed by atoms with E-state index in [1.807, 2.05) is 66.7 Å². The molecule has 0 spiro atoms. The van der Waals surface area contributed by atoms with Crippen LogP contribution in [0, 0.1) is 22.7 Å². The van der Waals surface area contributed by atoms with Gasteiger partial charge in [0.1, 0.15) is 19.0 Å². The summed E-state index contributed by atoms with van der Waals surface area (Å²) in [6.07, 6.45) is 5.75. The normalized spacial score (nSPS) is 11.5. The van der Waals surface area contributed by atoms with E-state index in [1.165, 1.54) is 0 Å². The van der Waals surface area contributed by atoms with Crippen molar-refractivity contribution in [2.24, 2.45) is 0 Å². The Bertz CT molecular complexity index is 1040. The summed E-state index contributed by atoms with van der Waals surface area (Å²) in [6, 6.07) is 20.4. The molecule has 0 aliphatic carbocycles. The largest absolute Gasteiger partial charge is 0.489 e. The number of nitrogens with one attached hydrogen (secondary N) is 1. The fourth-order valence-corrected chi connectivity index (χ4v) is 4.00. The number of ether oxygens (including phenoxy) is 1. The maximum absolute atomic E-state index is 12.8. The molecule has 0 saturated heterocycles. The molecule has 0 aliphatic heterocycles. The van der Waals surface area contributed by atoms with Crippen molar-refractivity contribution in [1.82, 2.24) is 5.32 Å². The van der Waals surface area contributed by atoms with Gasteiger partial charge in [0.15, 0.2) is 0 Å². The first-order valence-corrected chi connectivity index (χ1v) is 14.7. The number of hydrogen-bond acceptors (Lipinski definition) is 10. The van der Waals surface area contributed by atoms with Gasteiger partial charge in [-0.2, -0.15) is 10.5 Å². The van der Waals surface area contributed by atoms with Gasteiger partial charge >= 0.3 is 8.60 Å². The van der Waals surface area contributed by atoms with E-state index in [9.17, 15) is 4.79 Å². The van der Waals surface area contributed by atoms with Crippen molar-refractivity contribution in [3.63, 3.8) is 0 Å². The molecule has 2 rings (SSSR count). The average Bonchev–Trinajstić information content (AvgIpc) is 3.00. The summed E-state index contributed by atoms with van der Waals surface area (Å²) < 4.78 is 21.2. The van der Waals surface area contributed by atoms with E-state index in [4.69, 9.17) is 43.9 Å². The molecule has 0 heterocycles. The summed E-state index contributed by atoms with van der Waals surface area (Å²) in [7, 11) is -2.29. The lowest BCUT2D eigenvalue weighted by molar-refractivity contribution is -0.311. The molecule has 0 fully saturated rings. The van der Waals surface area contributed by atoms with Crippen LogP contribution in [0.15, 0.2) is 54.6 Å². The van der Waals surface area contributed by atoms with Gasteiger partial charge in [0.25, 0.3) is 0 Å². The Hall–Kier alpha value is -3.12. The highest BCUT2D eigenvalue weighted by molar-refractivity contribution is 7.41. The Labute approximate surface area is 243 Å². The van der Waals surface area contributed by atoms with Crippen LogP contribution in [-0.4, -0.2) is 25.7 Å². The highest BCUT2D eigenvalue weighted by Crippen LogP contribution is 2.40. The average molecular weight is 588 g/mol. The van der Waals surface area contributed by atoms with Gasteiger partial charge in [0, 0.05) is 6.42 Å². The van der Waals surface area contributed by atoms with Gasteiger partial charge < -0.3 is 10.1 Å². The minimum atomic E-state index is -2.29. The van der Waals surface area contributed by atoms with Crippen LogP contribution >= 0.6 is 8.60 Å². The summed E-state index contributed by atoms with van der Waals surface area (Å²) in [5, 5.41) is 20.3. The first-order valence-electron chi connectivity index (χ1n) is 13.6. The Morgan fingerprint density at radius 1 is 0.878 bits per heavy atom. The molecule has 0 bridgehead atoms. The fraction of sp³-hybridized carbons (Fsp3) is 0.483. The quantitative estimate of drug-likeness (QED) is 0.0647. The molecule has 0 aliphatic rings. The molecule has 11 nitrogen and oxygen atoms in total. The Morgan fingerprint density at radius 3 is 2.24 bits per heavy atom. The van der Waals surface area contributed by atoms with Crippen LogP contribution in [0.2, 0.25) is 0 Å². The second-order valence-electron chi connectivity index (χ2n) is 8.82. The van der Waals surface area contributed by atoms with Gasteiger partial charge in [0.2, 0.25) is 5.91 Å². The van der Waals surface area contributed by atoms with Crippen molar-refractivity contribution >= 4 is 14.5 Å². The molecular weight excluding hydrogens is 549 g/mol. The van der Waals surface area contributed by atoms with Crippen molar-refractivity contribution in [3.05, 3.63) is 65.7 Å². The van der Waals surface area contributed by atoms with Crippen LogP contribution in [0.4, 0.5) is 0 Å². The van der Waals surface area contributed by atoms with Crippen LogP contribution < -0.4 is 10.1 Å². The lowest BCUT2D eigenvalue weighted by atomic mass is 10.1. The lowest BCUT2D eigenvalue weighted by Crippen LogP contribution is -2.31. The van der Waals surface area contributed by atoms with E-state index in [0.717, 1.165) is 43.2 Å². The Kier molecular flexibility index (Phi) is 18.8. The molecule has 222 valence electrons. The summed E-state index contributed by atoms with van der Waals surface area (Å²) >= 11 is 0. The van der Waals surface area contributed by atoms with Gasteiger partial charge in [-0.3, -0.25) is 4.79 Å². The predicted molar refractivity (Wildman–Crippen MR) is 150 cm³/mol. The second-order valence-corrected chi connectivity index (χ2v) is 9.72. The fourth-order valence-electron chi connectivity index (χ4n) is 3.45. The molecule has 1 amide bonds. The Balaban J connectivity index is 2.02. The number of unbranched alkanes of at least 4 members (excludes halogenated alkanes) is 4. The van der Waals surface area contributed by atoms with E-state index < -0.39 is 14.6 Å². The zero-order valence-electron chi connectivity index (χ0n) is 23.4. The maximum atomic E-state index is 12.8. The molecule has 2 aromatic carbocycles. The second kappa shape index (κ2) is 22.6. The SMILES string of the molecule is CCCCCCCC(=O)NC(COOP(OOCCC#N)OOCCC#N)c1cccc(OCc2ccccc2)c1. The van der Waals surface area contributed by atoms with E-state index >= 15 is 0 Å². The van der Waals surface area contributed by atoms with E-state index in [1.54, 1.807) is 0 Å². The number of rotatable bonds is 23. The zero-order valence-corrected chi connectivity index (χ0v) is 24.3. The topological polar surface area (TPSA) is 141 Å². The number of benzene rings is 2. The molecule has 1 N–H and O–H groups in total. The van der Waals surface area contributed by atoms with Gasteiger partial charge in [0.05, 0.1) is 44.2 Å². The monoisotopic (exact) mass is 587 g/mol. The van der Waals surface area contributed by atoms with Crippen molar-refractivity contribution < 1.29 is 38.2 Å². The first-order chi connectivity index (χ1) is 20.2. The van der Waals surface area contributed by atoms with Crippen molar-refractivity contribution in [1.29, 1.82) is 10.5 Å². The molecule has 1 unspecified atom stereocenters. The van der Waals surface area contributed by atoms with E-state index in [2.05, 4.69) is 12.2 Å². The van der Waals surface area contributed by atoms with Crippen LogP contribution in [0.1, 0.15) is 75.5 Å². The van der Waals surface area contributed by atoms with E-state index in [-0.39, 0.29) is 38.6 Å². The van der Waals surface area contributed by atoms with E-state index in [0.29, 0.717) is 18.8 Å². The molecular formula is C29H38N3O8P. The summed E-state index contributed by atoms with van der Waals surface area (Å²) in [4.78, 5) is 28.0. The van der Waals surface area contributed by atoms with Gasteiger partial charge in [-0.1, -0.05) is 75.1 Å². The number of nitrogens with zero attached hydrogens (tertiary/aromatic N) is 2. The minimum Gasteiger partial charge on any atom is -0.489 e. The van der Waals surface area contributed by atoms with Crippen LogP contribution in [0.3, 0.4) is 0 Å². The molecule has 41 heavy (non-hydrogen) atoms. The minimum absolute atomic E-state index is 0.0209. The third kappa shape index (κ3) is 16.0. The molecule has 0 radical (unpaired) electrons. The molecule has 0 saturated carbocycles. The van der Waals surface area contributed by atoms with Crippen molar-refractivity contribution in [2.75, 3.05) is 19.8 Å². The molecule has 0 aromatic heterocycles. The van der Waals surface area contributed by atoms with Crippen LogP contribution in [0.25, 0.3) is 0 Å². The summed E-state index contributed by atoms with van der Waals surface area (Å²) in [6.45, 7) is 2.41. The van der Waals surface area contributed by atoms with Crippen LogP contribution in [-0.2, 0) is 40.1 Å². The number of carbonyl (C=O) groups excluding carboxylic acids is 1. The zero-order chi connectivity index (χ0) is 29.4. The summed E-state index contributed by atoms with van der Waals surface area (Å²) in [5.74, 6) is 0.525. The summed E-state index contributed by atoms with van der Waals surface area (Å²) in [5.41, 5.74) is 1.78. The predicted octanol–water partition coefficient (Wildman–Crippen LogP) is 6.68. The number of hydrogen-bond donors (Lipinski definition) is 1. The number of nitriles is 2. The third-order valence-corrected chi connectivity index (χ3v) is 6.20. The van der Waals surface area contributed by atoms with Crippen molar-refractivity contribution in [2.45, 2.75) is 70.9 Å². The standard InChI is InChI=1S/C29H38N3O8P/c1-2-3-4-5-9-17-29(33)32-28(24-37-40-41(38-35-20-11-18-30)39-36-21-12-19-31)26-15-10-16-27(22-26)34-23-25-13-7-6-8-14-25/h6-8,10,13-16,22,28H,2-5,9,11-12,17,20-21,23-24H2,1H3,(H,32,33). The lowest BCUT2D eigenvalue weighted by Gasteiger charge is -2.20. The van der Waals surface area contributed by atoms with Gasteiger partial charge in [-0.15, -0.1) is 14.0 Å². The third-order valence-electron chi connectivity index (χ3n) is 5.52. The number of amides is 1. The molecule has 1 atom stereocenters. The number of carbonyl (C=O) groups is 1. The Morgan fingerprint density at radius 2 is 1.56 bits per heavy atom.